The zero-order chi connectivity index (χ0) is 15.7. The molecular formula is C17H15FN2O2. The molecule has 1 atom stereocenters. The highest BCUT2D eigenvalue weighted by molar-refractivity contribution is 6.23. The van der Waals surface area contributed by atoms with E-state index in [2.05, 4.69) is 5.32 Å². The van der Waals surface area contributed by atoms with Gasteiger partial charge in [-0.2, -0.15) is 0 Å². The Morgan fingerprint density at radius 2 is 1.86 bits per heavy atom. The lowest BCUT2D eigenvalue weighted by molar-refractivity contribution is -0.121. The fraction of sp³-hybridized carbons (Fsp3) is 0.176. The Hall–Kier alpha value is -2.69. The van der Waals surface area contributed by atoms with Gasteiger partial charge in [0.05, 0.1) is 12.1 Å². The summed E-state index contributed by atoms with van der Waals surface area (Å²) in [6, 6.07) is 12.3. The topological polar surface area (TPSA) is 49.4 Å². The average molecular weight is 298 g/mol. The summed E-state index contributed by atoms with van der Waals surface area (Å²) >= 11 is 0. The van der Waals surface area contributed by atoms with E-state index in [1.54, 1.807) is 24.3 Å². The molecule has 0 radical (unpaired) electrons. The van der Waals surface area contributed by atoms with Gasteiger partial charge < -0.3 is 5.32 Å². The van der Waals surface area contributed by atoms with Crippen molar-refractivity contribution in [3.8, 4) is 0 Å². The molecule has 5 heteroatoms. The van der Waals surface area contributed by atoms with Crippen molar-refractivity contribution in [3.63, 3.8) is 0 Å². The molecule has 1 N–H and O–H groups in total. The van der Waals surface area contributed by atoms with E-state index in [0.717, 1.165) is 5.56 Å². The summed E-state index contributed by atoms with van der Waals surface area (Å²) < 4.78 is 12.9. The molecule has 2 aromatic carbocycles. The first-order valence-corrected chi connectivity index (χ1v) is 7.00. The zero-order valence-electron chi connectivity index (χ0n) is 12.0. The molecule has 1 heterocycles. The molecule has 0 spiro atoms. The van der Waals surface area contributed by atoms with Crippen LogP contribution in [0.4, 0.5) is 15.8 Å². The Balaban J connectivity index is 1.81. The van der Waals surface area contributed by atoms with Crippen molar-refractivity contribution in [1.29, 1.82) is 0 Å². The molecule has 0 aromatic heterocycles. The van der Waals surface area contributed by atoms with E-state index in [9.17, 15) is 14.0 Å². The van der Waals surface area contributed by atoms with E-state index in [1.807, 2.05) is 19.1 Å². The number of imide groups is 1. The summed E-state index contributed by atoms with van der Waals surface area (Å²) in [7, 11) is 0. The van der Waals surface area contributed by atoms with Crippen LogP contribution in [-0.2, 0) is 9.59 Å². The van der Waals surface area contributed by atoms with Crippen LogP contribution in [-0.4, -0.2) is 17.9 Å². The van der Waals surface area contributed by atoms with Gasteiger partial charge in [-0.3, -0.25) is 9.59 Å². The first-order valence-electron chi connectivity index (χ1n) is 7.00. The fourth-order valence-electron chi connectivity index (χ4n) is 2.53. The van der Waals surface area contributed by atoms with Gasteiger partial charge >= 0.3 is 0 Å². The van der Waals surface area contributed by atoms with Gasteiger partial charge in [-0.05, 0) is 48.9 Å². The second-order valence-corrected chi connectivity index (χ2v) is 5.31. The van der Waals surface area contributed by atoms with E-state index in [-0.39, 0.29) is 24.1 Å². The minimum absolute atomic E-state index is 0.0875. The van der Waals surface area contributed by atoms with E-state index in [1.165, 1.54) is 17.0 Å². The van der Waals surface area contributed by atoms with Gasteiger partial charge in [0.1, 0.15) is 11.9 Å². The van der Waals surface area contributed by atoms with Crippen LogP contribution in [0.1, 0.15) is 12.0 Å². The highest BCUT2D eigenvalue weighted by Crippen LogP contribution is 2.25. The summed E-state index contributed by atoms with van der Waals surface area (Å²) in [5.41, 5.74) is 2.17. The molecule has 0 saturated carbocycles. The number of carbonyl (C=O) groups is 2. The Morgan fingerprint density at radius 3 is 2.55 bits per heavy atom. The molecule has 1 aliphatic rings. The van der Waals surface area contributed by atoms with Crippen LogP contribution in [0.5, 0.6) is 0 Å². The number of aryl methyl sites for hydroxylation is 1. The summed E-state index contributed by atoms with van der Waals surface area (Å²) in [4.78, 5) is 25.8. The predicted octanol–water partition coefficient (Wildman–Crippen LogP) is 2.88. The minimum Gasteiger partial charge on any atom is -0.373 e. The highest BCUT2D eigenvalue weighted by atomic mass is 19.1. The van der Waals surface area contributed by atoms with Gasteiger partial charge in [-0.15, -0.1) is 0 Å². The highest BCUT2D eigenvalue weighted by Gasteiger charge is 2.39. The van der Waals surface area contributed by atoms with E-state index in [4.69, 9.17) is 0 Å². The van der Waals surface area contributed by atoms with E-state index >= 15 is 0 Å². The van der Waals surface area contributed by atoms with Crippen molar-refractivity contribution >= 4 is 23.2 Å². The van der Waals surface area contributed by atoms with Crippen molar-refractivity contribution in [2.24, 2.45) is 0 Å². The number of amides is 2. The lowest BCUT2D eigenvalue weighted by Gasteiger charge is -2.16. The third-order valence-electron chi connectivity index (χ3n) is 3.59. The molecule has 3 rings (SSSR count). The van der Waals surface area contributed by atoms with Crippen molar-refractivity contribution in [2.75, 3.05) is 10.2 Å². The maximum absolute atomic E-state index is 12.9. The number of nitrogens with zero attached hydrogens (tertiary/aromatic N) is 1. The van der Waals surface area contributed by atoms with Crippen molar-refractivity contribution in [3.05, 3.63) is 59.9 Å². The van der Waals surface area contributed by atoms with Gasteiger partial charge in [0.2, 0.25) is 5.91 Å². The van der Waals surface area contributed by atoms with Crippen LogP contribution in [0.3, 0.4) is 0 Å². The Kier molecular flexibility index (Phi) is 3.63. The average Bonchev–Trinajstić information content (AvgIpc) is 2.76. The summed E-state index contributed by atoms with van der Waals surface area (Å²) in [6.07, 6.45) is 0.0875. The lowest BCUT2D eigenvalue weighted by atomic mass is 10.2. The maximum Gasteiger partial charge on any atom is 0.256 e. The summed E-state index contributed by atoms with van der Waals surface area (Å²) in [5.74, 6) is -0.879. The quantitative estimate of drug-likeness (QED) is 0.886. The predicted molar refractivity (Wildman–Crippen MR) is 82.1 cm³/mol. The number of hydrogen-bond donors (Lipinski definition) is 1. The van der Waals surface area contributed by atoms with Crippen molar-refractivity contribution in [1.82, 2.24) is 0 Å². The number of nitrogens with one attached hydrogen (secondary N) is 1. The van der Waals surface area contributed by atoms with E-state index in [0.29, 0.717) is 11.4 Å². The largest absolute Gasteiger partial charge is 0.373 e. The molecule has 22 heavy (non-hydrogen) atoms. The monoisotopic (exact) mass is 298 g/mol. The molecule has 4 nitrogen and oxygen atoms in total. The molecule has 1 aliphatic heterocycles. The standard InChI is InChI=1S/C17H15FN2O2/c1-11-3-2-4-14(9-11)20-16(21)10-15(17(20)22)19-13-7-5-12(18)6-8-13/h2-9,15,19H,10H2,1H3/t15-/m1/s1. The zero-order valence-corrected chi connectivity index (χ0v) is 12.0. The number of halogens is 1. The Labute approximate surface area is 127 Å². The van der Waals surface area contributed by atoms with Crippen LogP contribution in [0.25, 0.3) is 0 Å². The van der Waals surface area contributed by atoms with Crippen LogP contribution < -0.4 is 10.2 Å². The smallest absolute Gasteiger partial charge is 0.256 e. The Bertz CT molecular complexity index is 728. The van der Waals surface area contributed by atoms with Crippen molar-refractivity contribution in [2.45, 2.75) is 19.4 Å². The molecule has 2 amide bonds. The molecule has 0 unspecified atom stereocenters. The summed E-state index contributed by atoms with van der Waals surface area (Å²) in [5, 5.41) is 2.98. The van der Waals surface area contributed by atoms with E-state index < -0.39 is 6.04 Å². The normalized spacial score (nSPS) is 17.9. The number of benzene rings is 2. The second kappa shape index (κ2) is 5.60. The minimum atomic E-state index is -0.626. The van der Waals surface area contributed by atoms with Crippen LogP contribution in [0, 0.1) is 12.7 Å². The lowest BCUT2D eigenvalue weighted by Crippen LogP contribution is -2.34. The van der Waals surface area contributed by atoms with Crippen molar-refractivity contribution < 1.29 is 14.0 Å². The molecule has 0 aliphatic carbocycles. The number of hydrogen-bond acceptors (Lipinski definition) is 3. The van der Waals surface area contributed by atoms with Gasteiger partial charge in [0, 0.05) is 5.69 Å². The van der Waals surface area contributed by atoms with Crippen LogP contribution in [0.2, 0.25) is 0 Å². The first-order chi connectivity index (χ1) is 10.5. The SMILES string of the molecule is Cc1cccc(N2C(=O)C[C@@H](Nc3ccc(F)cc3)C2=O)c1. The third-order valence-corrected chi connectivity index (χ3v) is 3.59. The number of anilines is 2. The number of carbonyl (C=O) groups excluding carboxylic acids is 2. The molecule has 0 bridgehead atoms. The van der Waals surface area contributed by atoms with Gasteiger partial charge in [-0.25, -0.2) is 9.29 Å². The summed E-state index contributed by atoms with van der Waals surface area (Å²) in [6.45, 7) is 1.91. The van der Waals surface area contributed by atoms with Gasteiger partial charge in [0.15, 0.2) is 0 Å². The van der Waals surface area contributed by atoms with Crippen LogP contribution in [0.15, 0.2) is 48.5 Å². The van der Waals surface area contributed by atoms with Gasteiger partial charge in [-0.1, -0.05) is 12.1 Å². The van der Waals surface area contributed by atoms with Crippen LogP contribution >= 0.6 is 0 Å². The van der Waals surface area contributed by atoms with Gasteiger partial charge in [0.25, 0.3) is 5.91 Å². The Morgan fingerprint density at radius 1 is 1.14 bits per heavy atom. The molecule has 1 saturated heterocycles. The molecular weight excluding hydrogens is 283 g/mol. The molecule has 112 valence electrons. The second-order valence-electron chi connectivity index (χ2n) is 5.31. The third kappa shape index (κ3) is 2.70. The maximum atomic E-state index is 12.9. The fourth-order valence-corrected chi connectivity index (χ4v) is 2.53. The molecule has 2 aromatic rings. The first kappa shape index (κ1) is 14.3. The number of rotatable bonds is 3. The molecule has 1 fully saturated rings.